The van der Waals surface area contributed by atoms with Crippen molar-refractivity contribution in [1.29, 1.82) is 0 Å². The number of hydrogen-bond donors (Lipinski definition) is 2. The quantitative estimate of drug-likeness (QED) is 0.744. The van der Waals surface area contributed by atoms with Crippen LogP contribution in [0.25, 0.3) is 0 Å². The number of rotatable bonds is 5. The first-order valence-electron chi connectivity index (χ1n) is 4.73. The highest BCUT2D eigenvalue weighted by Crippen LogP contribution is 2.20. The molecular formula is C10H16N2O2. The van der Waals surface area contributed by atoms with Crippen LogP contribution in [0.5, 0.6) is 5.75 Å². The fraction of sp³-hybridized carbons (Fsp3) is 0.500. The van der Waals surface area contributed by atoms with Gasteiger partial charge in [0, 0.05) is 12.7 Å². The van der Waals surface area contributed by atoms with Crippen molar-refractivity contribution in [2.24, 2.45) is 0 Å². The van der Waals surface area contributed by atoms with Gasteiger partial charge in [-0.1, -0.05) is 0 Å². The topological polar surface area (TPSA) is 54.4 Å². The summed E-state index contributed by atoms with van der Waals surface area (Å²) >= 11 is 0. The molecular weight excluding hydrogens is 180 g/mol. The molecule has 0 fully saturated rings. The number of nitrogens with one attached hydrogen (secondary N) is 1. The summed E-state index contributed by atoms with van der Waals surface area (Å²) in [6, 6.07) is 3.67. The molecule has 1 heterocycles. The molecule has 1 unspecified atom stereocenters. The van der Waals surface area contributed by atoms with Crippen molar-refractivity contribution in [2.75, 3.05) is 18.5 Å². The van der Waals surface area contributed by atoms with E-state index in [-0.39, 0.29) is 0 Å². The zero-order valence-electron chi connectivity index (χ0n) is 8.53. The van der Waals surface area contributed by atoms with Crippen LogP contribution in [0.15, 0.2) is 18.3 Å². The number of aliphatic hydroxyl groups excluding tert-OH is 1. The molecule has 14 heavy (non-hydrogen) atoms. The van der Waals surface area contributed by atoms with Crippen LogP contribution >= 0.6 is 0 Å². The lowest BCUT2D eigenvalue weighted by atomic mass is 10.3. The lowest BCUT2D eigenvalue weighted by molar-refractivity contribution is 0.208. The Labute approximate surface area is 83.9 Å². The summed E-state index contributed by atoms with van der Waals surface area (Å²) in [4.78, 5) is 4.12. The maximum atomic E-state index is 9.10. The second-order valence-corrected chi connectivity index (χ2v) is 3.01. The molecule has 4 nitrogen and oxygen atoms in total. The zero-order valence-corrected chi connectivity index (χ0v) is 8.53. The minimum Gasteiger partial charge on any atom is -0.490 e. The molecule has 4 heteroatoms. The number of hydrogen-bond acceptors (Lipinski definition) is 4. The van der Waals surface area contributed by atoms with Gasteiger partial charge in [0.15, 0.2) is 11.6 Å². The fourth-order valence-electron chi connectivity index (χ4n) is 1.04. The molecule has 0 bridgehead atoms. The molecule has 0 aliphatic carbocycles. The first-order chi connectivity index (χ1) is 6.74. The predicted molar refractivity (Wildman–Crippen MR) is 55.6 cm³/mol. The average molecular weight is 196 g/mol. The van der Waals surface area contributed by atoms with Crippen LogP contribution in [0.2, 0.25) is 0 Å². The molecule has 78 valence electrons. The number of aromatic nitrogens is 1. The minimum absolute atomic E-state index is 0.397. The summed E-state index contributed by atoms with van der Waals surface area (Å²) in [7, 11) is 0. The van der Waals surface area contributed by atoms with Gasteiger partial charge < -0.3 is 15.2 Å². The van der Waals surface area contributed by atoms with Crippen LogP contribution in [-0.4, -0.2) is 29.3 Å². The Morgan fingerprint density at radius 1 is 1.64 bits per heavy atom. The van der Waals surface area contributed by atoms with E-state index in [1.54, 1.807) is 13.1 Å². The third kappa shape index (κ3) is 3.22. The summed E-state index contributed by atoms with van der Waals surface area (Å²) in [5.41, 5.74) is 0. The van der Waals surface area contributed by atoms with Gasteiger partial charge in [-0.15, -0.1) is 0 Å². The lowest BCUT2D eigenvalue weighted by Crippen LogP contribution is -2.16. The van der Waals surface area contributed by atoms with Gasteiger partial charge in [-0.05, 0) is 26.0 Å². The van der Waals surface area contributed by atoms with Crippen molar-refractivity contribution in [1.82, 2.24) is 4.98 Å². The summed E-state index contributed by atoms with van der Waals surface area (Å²) in [6.45, 7) is 4.72. The van der Waals surface area contributed by atoms with E-state index < -0.39 is 6.10 Å². The van der Waals surface area contributed by atoms with E-state index in [1.165, 1.54) is 0 Å². The molecule has 1 atom stereocenters. The van der Waals surface area contributed by atoms with E-state index in [0.29, 0.717) is 19.0 Å². The molecule has 0 saturated heterocycles. The van der Waals surface area contributed by atoms with Crippen molar-refractivity contribution in [3.05, 3.63) is 18.3 Å². The van der Waals surface area contributed by atoms with Gasteiger partial charge in [0.05, 0.1) is 12.7 Å². The molecule has 1 aromatic heterocycles. The Balaban J connectivity index is 2.64. The smallest absolute Gasteiger partial charge is 0.168 e. The van der Waals surface area contributed by atoms with Crippen LogP contribution in [0.4, 0.5) is 5.82 Å². The van der Waals surface area contributed by atoms with Crippen LogP contribution in [0.3, 0.4) is 0 Å². The van der Waals surface area contributed by atoms with Crippen molar-refractivity contribution in [2.45, 2.75) is 20.0 Å². The maximum Gasteiger partial charge on any atom is 0.168 e. The van der Waals surface area contributed by atoms with Crippen molar-refractivity contribution >= 4 is 5.82 Å². The maximum absolute atomic E-state index is 9.10. The van der Waals surface area contributed by atoms with E-state index in [0.717, 1.165) is 5.75 Å². The largest absolute Gasteiger partial charge is 0.490 e. The van der Waals surface area contributed by atoms with Crippen LogP contribution in [-0.2, 0) is 0 Å². The third-order valence-corrected chi connectivity index (χ3v) is 1.64. The van der Waals surface area contributed by atoms with Crippen LogP contribution in [0.1, 0.15) is 13.8 Å². The van der Waals surface area contributed by atoms with E-state index in [4.69, 9.17) is 9.84 Å². The lowest BCUT2D eigenvalue weighted by Gasteiger charge is -2.11. The van der Waals surface area contributed by atoms with Gasteiger partial charge in [0.2, 0.25) is 0 Å². The fourth-order valence-corrected chi connectivity index (χ4v) is 1.04. The molecule has 1 aromatic rings. The standard InChI is InChI=1S/C10H16N2O2/c1-3-14-9-5-4-6-11-10(9)12-7-8(2)13/h4-6,8,13H,3,7H2,1-2H3,(H,11,12). The van der Waals surface area contributed by atoms with E-state index in [9.17, 15) is 0 Å². The van der Waals surface area contributed by atoms with Crippen molar-refractivity contribution in [3.8, 4) is 5.75 Å². The molecule has 0 aliphatic heterocycles. The van der Waals surface area contributed by atoms with Crippen LogP contribution in [0, 0.1) is 0 Å². The van der Waals surface area contributed by atoms with Crippen molar-refractivity contribution < 1.29 is 9.84 Å². The number of nitrogens with zero attached hydrogens (tertiary/aromatic N) is 1. The van der Waals surface area contributed by atoms with Gasteiger partial charge in [0.25, 0.3) is 0 Å². The SMILES string of the molecule is CCOc1cccnc1NCC(C)O. The summed E-state index contributed by atoms with van der Waals surface area (Å²) in [6.07, 6.45) is 1.29. The molecule has 1 rings (SSSR count). The third-order valence-electron chi connectivity index (χ3n) is 1.64. The molecule has 0 aromatic carbocycles. The molecule has 0 spiro atoms. The molecule has 2 N–H and O–H groups in total. The van der Waals surface area contributed by atoms with E-state index in [2.05, 4.69) is 10.3 Å². The van der Waals surface area contributed by atoms with Gasteiger partial charge in [-0.2, -0.15) is 0 Å². The highest BCUT2D eigenvalue weighted by Gasteiger charge is 2.03. The molecule has 0 amide bonds. The number of ether oxygens (including phenoxy) is 1. The normalized spacial score (nSPS) is 12.2. The van der Waals surface area contributed by atoms with Gasteiger partial charge in [-0.25, -0.2) is 4.98 Å². The highest BCUT2D eigenvalue weighted by molar-refractivity contribution is 5.49. The first kappa shape index (κ1) is 10.8. The Morgan fingerprint density at radius 2 is 2.43 bits per heavy atom. The second-order valence-electron chi connectivity index (χ2n) is 3.01. The van der Waals surface area contributed by atoms with Gasteiger partial charge in [0.1, 0.15) is 0 Å². The number of anilines is 1. The highest BCUT2D eigenvalue weighted by atomic mass is 16.5. The Morgan fingerprint density at radius 3 is 3.07 bits per heavy atom. The van der Waals surface area contributed by atoms with Crippen molar-refractivity contribution in [3.63, 3.8) is 0 Å². The Hall–Kier alpha value is -1.29. The average Bonchev–Trinajstić information content (AvgIpc) is 2.17. The number of pyridine rings is 1. The Bertz CT molecular complexity index is 277. The Kier molecular flexibility index (Phi) is 4.19. The van der Waals surface area contributed by atoms with Gasteiger partial charge >= 0.3 is 0 Å². The molecule has 0 aliphatic rings. The molecule has 0 radical (unpaired) electrons. The number of aliphatic hydroxyl groups is 1. The first-order valence-corrected chi connectivity index (χ1v) is 4.73. The van der Waals surface area contributed by atoms with Gasteiger partial charge in [-0.3, -0.25) is 0 Å². The second kappa shape index (κ2) is 5.44. The summed E-state index contributed by atoms with van der Waals surface area (Å²) in [5.74, 6) is 1.39. The minimum atomic E-state index is -0.397. The molecule has 0 saturated carbocycles. The van der Waals surface area contributed by atoms with E-state index in [1.807, 2.05) is 19.1 Å². The van der Waals surface area contributed by atoms with E-state index >= 15 is 0 Å². The van der Waals surface area contributed by atoms with Crippen LogP contribution < -0.4 is 10.1 Å². The zero-order chi connectivity index (χ0) is 10.4. The monoisotopic (exact) mass is 196 g/mol. The summed E-state index contributed by atoms with van der Waals surface area (Å²) < 4.78 is 5.36. The summed E-state index contributed by atoms with van der Waals surface area (Å²) in [5, 5.41) is 12.1. The predicted octanol–water partition coefficient (Wildman–Crippen LogP) is 1.27.